The van der Waals surface area contributed by atoms with Gasteiger partial charge in [-0.15, -0.1) is 0 Å². The molecule has 4 rings (SSSR count). The first-order chi connectivity index (χ1) is 12.6. The number of benzene rings is 2. The number of carboxylic acid groups (broad SMARTS) is 1. The summed E-state index contributed by atoms with van der Waals surface area (Å²) < 4.78 is 5.44. The standard InChI is InChI=1S/C19H14N2O4S/c20-19-21-15(17(22)23)16(26-19)18(24)25-9-14-12-7-3-1-5-10(12)11-6-2-4-8-13(11)14/h1-8,14H,9H2,(H2,20,21)(H,22,23). The second-order valence-corrected chi connectivity index (χ2v) is 6.89. The predicted molar refractivity (Wildman–Crippen MR) is 97.5 cm³/mol. The maximum Gasteiger partial charge on any atom is 0.356 e. The van der Waals surface area contributed by atoms with E-state index < -0.39 is 11.9 Å². The minimum Gasteiger partial charge on any atom is -0.476 e. The van der Waals surface area contributed by atoms with E-state index in [1.165, 1.54) is 0 Å². The van der Waals surface area contributed by atoms with E-state index in [2.05, 4.69) is 4.98 Å². The molecule has 26 heavy (non-hydrogen) atoms. The van der Waals surface area contributed by atoms with Gasteiger partial charge in [0.15, 0.2) is 10.8 Å². The minimum atomic E-state index is -1.30. The molecule has 0 amide bonds. The fourth-order valence-electron chi connectivity index (χ4n) is 3.28. The van der Waals surface area contributed by atoms with E-state index in [0.29, 0.717) is 0 Å². The van der Waals surface area contributed by atoms with Crippen molar-refractivity contribution in [1.82, 2.24) is 4.98 Å². The van der Waals surface area contributed by atoms with Crippen LogP contribution in [0.2, 0.25) is 0 Å². The van der Waals surface area contributed by atoms with Crippen molar-refractivity contribution in [3.05, 3.63) is 70.2 Å². The van der Waals surface area contributed by atoms with Gasteiger partial charge < -0.3 is 15.6 Å². The summed E-state index contributed by atoms with van der Waals surface area (Å²) in [7, 11) is 0. The zero-order chi connectivity index (χ0) is 18.3. The number of carbonyl (C=O) groups is 2. The highest BCUT2D eigenvalue weighted by Gasteiger charge is 2.30. The molecule has 0 saturated carbocycles. The number of nitrogens with zero attached hydrogens (tertiary/aromatic N) is 1. The number of carboxylic acids is 1. The van der Waals surface area contributed by atoms with Crippen LogP contribution < -0.4 is 5.73 Å². The monoisotopic (exact) mass is 366 g/mol. The van der Waals surface area contributed by atoms with Gasteiger partial charge in [-0.05, 0) is 22.3 Å². The molecule has 7 heteroatoms. The van der Waals surface area contributed by atoms with Crippen LogP contribution in [0.15, 0.2) is 48.5 Å². The zero-order valence-corrected chi connectivity index (χ0v) is 14.3. The van der Waals surface area contributed by atoms with E-state index in [-0.39, 0.29) is 28.2 Å². The second-order valence-electron chi connectivity index (χ2n) is 5.86. The molecular formula is C19H14N2O4S. The van der Waals surface area contributed by atoms with Gasteiger partial charge in [0, 0.05) is 5.92 Å². The summed E-state index contributed by atoms with van der Waals surface area (Å²) in [6, 6.07) is 16.0. The summed E-state index contributed by atoms with van der Waals surface area (Å²) in [5.74, 6) is -2.12. The normalized spacial score (nSPS) is 12.5. The highest BCUT2D eigenvalue weighted by molar-refractivity contribution is 7.17. The first-order valence-corrected chi connectivity index (χ1v) is 8.73. The minimum absolute atomic E-state index is 0.0194. The Balaban J connectivity index is 1.61. The average molecular weight is 366 g/mol. The van der Waals surface area contributed by atoms with Crippen LogP contribution in [0, 0.1) is 0 Å². The molecule has 0 unspecified atom stereocenters. The van der Waals surface area contributed by atoms with Crippen LogP contribution in [0.1, 0.15) is 37.2 Å². The summed E-state index contributed by atoms with van der Waals surface area (Å²) in [5.41, 5.74) is 9.58. The van der Waals surface area contributed by atoms with Crippen LogP contribution in [0.5, 0.6) is 0 Å². The van der Waals surface area contributed by atoms with Crippen LogP contribution in [0.3, 0.4) is 0 Å². The smallest absolute Gasteiger partial charge is 0.356 e. The summed E-state index contributed by atoms with van der Waals surface area (Å²) in [6.07, 6.45) is 0. The molecule has 0 aliphatic heterocycles. The fourth-order valence-corrected chi connectivity index (χ4v) is 4.00. The number of rotatable bonds is 4. The number of esters is 1. The molecule has 0 radical (unpaired) electrons. The van der Waals surface area contributed by atoms with Crippen LogP contribution in [-0.4, -0.2) is 28.6 Å². The first-order valence-electron chi connectivity index (χ1n) is 7.91. The lowest BCUT2D eigenvalue weighted by atomic mass is 9.98. The molecule has 130 valence electrons. The summed E-state index contributed by atoms with van der Waals surface area (Å²) in [4.78, 5) is 27.2. The molecule has 3 aromatic rings. The number of hydrogen-bond donors (Lipinski definition) is 2. The predicted octanol–water partition coefficient (Wildman–Crippen LogP) is 3.39. The number of carbonyl (C=O) groups excluding carboxylic acids is 1. The van der Waals surface area contributed by atoms with E-state index >= 15 is 0 Å². The molecule has 1 heterocycles. The Morgan fingerprint density at radius 1 is 1.08 bits per heavy atom. The molecule has 0 atom stereocenters. The Hall–Kier alpha value is -3.19. The molecule has 0 spiro atoms. The number of anilines is 1. The van der Waals surface area contributed by atoms with E-state index in [0.717, 1.165) is 33.6 Å². The fraction of sp³-hybridized carbons (Fsp3) is 0.105. The number of ether oxygens (including phenoxy) is 1. The van der Waals surface area contributed by atoms with Crippen molar-refractivity contribution >= 4 is 28.4 Å². The average Bonchev–Trinajstić information content (AvgIpc) is 3.18. The maximum atomic E-state index is 12.4. The molecule has 6 nitrogen and oxygen atoms in total. The highest BCUT2D eigenvalue weighted by atomic mass is 32.1. The van der Waals surface area contributed by atoms with E-state index in [1.54, 1.807) is 0 Å². The molecule has 2 aromatic carbocycles. The SMILES string of the molecule is Nc1nc(C(=O)O)c(C(=O)OCC2c3ccccc3-c3ccccc32)s1. The summed E-state index contributed by atoms with van der Waals surface area (Å²) >= 11 is 0.816. The summed E-state index contributed by atoms with van der Waals surface area (Å²) in [6.45, 7) is 0.115. The van der Waals surface area contributed by atoms with Gasteiger partial charge in [-0.3, -0.25) is 0 Å². The third-order valence-electron chi connectivity index (χ3n) is 4.38. The Bertz CT molecular complexity index is 982. The third kappa shape index (κ3) is 2.62. The Morgan fingerprint density at radius 2 is 1.65 bits per heavy atom. The van der Waals surface area contributed by atoms with Crippen molar-refractivity contribution in [2.24, 2.45) is 0 Å². The molecule has 3 N–H and O–H groups in total. The topological polar surface area (TPSA) is 103 Å². The van der Waals surface area contributed by atoms with Crippen molar-refractivity contribution in [1.29, 1.82) is 0 Å². The number of fused-ring (bicyclic) bond motifs is 3. The molecule has 1 aliphatic rings. The number of hydrogen-bond acceptors (Lipinski definition) is 6. The van der Waals surface area contributed by atoms with Gasteiger partial charge in [0.2, 0.25) is 0 Å². The van der Waals surface area contributed by atoms with Gasteiger partial charge in [-0.1, -0.05) is 59.9 Å². The van der Waals surface area contributed by atoms with Crippen LogP contribution >= 0.6 is 11.3 Å². The molecule has 1 aromatic heterocycles. The Kier molecular flexibility index (Phi) is 3.93. The van der Waals surface area contributed by atoms with Crippen molar-refractivity contribution in [3.63, 3.8) is 0 Å². The molecule has 0 saturated heterocycles. The largest absolute Gasteiger partial charge is 0.476 e. The molecule has 0 fully saturated rings. The summed E-state index contributed by atoms with van der Waals surface area (Å²) in [5, 5.41) is 9.17. The van der Waals surface area contributed by atoms with Crippen molar-refractivity contribution in [2.75, 3.05) is 12.3 Å². The number of thiazole rings is 1. The first kappa shape index (κ1) is 16.3. The van der Waals surface area contributed by atoms with Gasteiger partial charge in [0.05, 0.1) is 0 Å². The number of aromatic nitrogens is 1. The molecule has 1 aliphatic carbocycles. The van der Waals surface area contributed by atoms with Gasteiger partial charge >= 0.3 is 11.9 Å². The van der Waals surface area contributed by atoms with Crippen LogP contribution in [-0.2, 0) is 4.74 Å². The van der Waals surface area contributed by atoms with E-state index in [9.17, 15) is 9.59 Å². The van der Waals surface area contributed by atoms with Gasteiger partial charge in [-0.25, -0.2) is 14.6 Å². The van der Waals surface area contributed by atoms with Gasteiger partial charge in [0.1, 0.15) is 11.5 Å². The zero-order valence-electron chi connectivity index (χ0n) is 13.5. The lowest BCUT2D eigenvalue weighted by molar-refractivity contribution is 0.0488. The Labute approximate surface area is 152 Å². The lowest BCUT2D eigenvalue weighted by Gasteiger charge is -2.13. The van der Waals surface area contributed by atoms with E-state index in [1.807, 2.05) is 48.5 Å². The van der Waals surface area contributed by atoms with Gasteiger partial charge in [0.25, 0.3) is 0 Å². The van der Waals surface area contributed by atoms with Crippen molar-refractivity contribution in [3.8, 4) is 11.1 Å². The Morgan fingerprint density at radius 3 is 2.23 bits per heavy atom. The molecule has 0 bridgehead atoms. The van der Waals surface area contributed by atoms with E-state index in [4.69, 9.17) is 15.6 Å². The maximum absolute atomic E-state index is 12.4. The van der Waals surface area contributed by atoms with Crippen LogP contribution in [0.4, 0.5) is 5.13 Å². The highest BCUT2D eigenvalue weighted by Crippen LogP contribution is 2.44. The third-order valence-corrected chi connectivity index (χ3v) is 5.24. The van der Waals surface area contributed by atoms with Crippen LogP contribution in [0.25, 0.3) is 11.1 Å². The number of nitrogens with two attached hydrogens (primary N) is 1. The lowest BCUT2D eigenvalue weighted by Crippen LogP contribution is -2.14. The number of aromatic carboxylic acids is 1. The van der Waals surface area contributed by atoms with Gasteiger partial charge in [-0.2, -0.15) is 0 Å². The quantitative estimate of drug-likeness (QED) is 0.686. The molecular weight excluding hydrogens is 352 g/mol. The van der Waals surface area contributed by atoms with Crippen molar-refractivity contribution < 1.29 is 19.4 Å². The number of nitrogen functional groups attached to an aromatic ring is 1. The second kappa shape index (κ2) is 6.27. The van der Waals surface area contributed by atoms with Crippen molar-refractivity contribution in [2.45, 2.75) is 5.92 Å².